The van der Waals surface area contributed by atoms with E-state index in [1.807, 2.05) is 71.8 Å². The number of anilines is 2. The van der Waals surface area contributed by atoms with Crippen molar-refractivity contribution in [3.63, 3.8) is 0 Å². The fraction of sp³-hybridized carbons (Fsp3) is 0.278. The lowest BCUT2D eigenvalue weighted by Crippen LogP contribution is -2.49. The summed E-state index contributed by atoms with van der Waals surface area (Å²) in [5.41, 5.74) is 3.00. The number of thiophene rings is 2. The van der Waals surface area contributed by atoms with Gasteiger partial charge < -0.3 is 19.3 Å². The molecule has 1 aliphatic rings. The Bertz CT molecular complexity index is 2090. The molecule has 6 rings (SSSR count). The number of ether oxygens (including phenoxy) is 2. The number of methoxy groups -OCH3 is 1. The molecule has 2 aromatic heterocycles. The van der Waals surface area contributed by atoms with Crippen LogP contribution in [-0.2, 0) is 21.2 Å². The van der Waals surface area contributed by atoms with Gasteiger partial charge in [-0.05, 0) is 107 Å². The Morgan fingerprint density at radius 3 is 2.37 bits per heavy atom. The van der Waals surface area contributed by atoms with E-state index in [0.29, 0.717) is 59.0 Å². The zero-order chi connectivity index (χ0) is 34.7. The van der Waals surface area contributed by atoms with Gasteiger partial charge in [0.2, 0.25) is 0 Å². The molecule has 3 aromatic carbocycles. The molecular formula is C36H36BrN3O6S3. The number of amides is 1. The summed E-state index contributed by atoms with van der Waals surface area (Å²) in [6.45, 7) is 6.13. The van der Waals surface area contributed by atoms with Crippen molar-refractivity contribution >= 4 is 82.0 Å². The van der Waals surface area contributed by atoms with Crippen LogP contribution in [0.25, 0.3) is 10.1 Å². The number of para-hydroxylation sites is 2. The number of nitrogens with zero attached hydrogens (tertiary/aromatic N) is 3. The van der Waals surface area contributed by atoms with Crippen molar-refractivity contribution in [2.75, 3.05) is 55.6 Å². The topological polar surface area (TPSA) is 96.5 Å². The van der Waals surface area contributed by atoms with Crippen molar-refractivity contribution < 1.29 is 27.5 Å². The van der Waals surface area contributed by atoms with Crippen molar-refractivity contribution in [2.45, 2.75) is 25.2 Å². The minimum atomic E-state index is -4.08. The third-order valence-corrected chi connectivity index (χ3v) is 13.5. The molecule has 9 nitrogen and oxygen atoms in total. The Labute approximate surface area is 302 Å². The van der Waals surface area contributed by atoms with Crippen LogP contribution in [0.5, 0.6) is 5.75 Å². The van der Waals surface area contributed by atoms with E-state index in [4.69, 9.17) is 9.47 Å². The number of carbonyl (C=O) groups is 2. The van der Waals surface area contributed by atoms with Crippen LogP contribution in [-0.4, -0.2) is 71.6 Å². The first kappa shape index (κ1) is 34.9. The van der Waals surface area contributed by atoms with Crippen LogP contribution in [0, 0.1) is 6.92 Å². The standard InChI is InChI=1S/C36H36BrN3O6S3/c1-4-46-36(42)33-24(2)28-23-27(13-14-32(28)48-33)49(43,44)40(17-15-25-9-11-26(45-3)12-10-25)31-8-6-5-7-30(31)38-18-20-39(21-19-38)35(41)34-29(37)16-22-47-34/h5-14,16,22-23H,4,15,17-21H2,1-3H3. The molecule has 49 heavy (non-hydrogen) atoms. The lowest BCUT2D eigenvalue weighted by molar-refractivity contribution is 0.0531. The molecule has 256 valence electrons. The van der Waals surface area contributed by atoms with E-state index >= 15 is 0 Å². The molecule has 1 fully saturated rings. The fourth-order valence-corrected chi connectivity index (χ4v) is 10.1. The van der Waals surface area contributed by atoms with Crippen LogP contribution in [0.3, 0.4) is 0 Å². The van der Waals surface area contributed by atoms with E-state index in [9.17, 15) is 18.0 Å². The average molecular weight is 783 g/mol. The average Bonchev–Trinajstić information content (AvgIpc) is 3.70. The van der Waals surface area contributed by atoms with E-state index in [1.54, 1.807) is 32.2 Å². The predicted molar refractivity (Wildman–Crippen MR) is 200 cm³/mol. The molecule has 1 amide bonds. The molecule has 0 aliphatic carbocycles. The van der Waals surface area contributed by atoms with Gasteiger partial charge in [0.25, 0.3) is 15.9 Å². The van der Waals surface area contributed by atoms with E-state index in [1.165, 1.54) is 27.0 Å². The molecule has 1 saturated heterocycles. The third-order valence-electron chi connectivity index (χ3n) is 8.59. The van der Waals surface area contributed by atoms with Gasteiger partial charge in [-0.3, -0.25) is 9.10 Å². The Morgan fingerprint density at radius 2 is 1.69 bits per heavy atom. The second-order valence-corrected chi connectivity index (χ2v) is 16.2. The number of sulfonamides is 1. The van der Waals surface area contributed by atoms with Crippen LogP contribution in [0.4, 0.5) is 11.4 Å². The summed E-state index contributed by atoms with van der Waals surface area (Å²) < 4.78 is 43.1. The lowest BCUT2D eigenvalue weighted by Gasteiger charge is -2.38. The number of carbonyl (C=O) groups excluding carboxylic acids is 2. The van der Waals surface area contributed by atoms with Crippen molar-refractivity contribution in [1.82, 2.24) is 4.90 Å². The number of fused-ring (bicyclic) bond motifs is 1. The number of aryl methyl sites for hydroxylation is 1. The molecule has 5 aromatic rings. The quantitative estimate of drug-likeness (QED) is 0.127. The largest absolute Gasteiger partial charge is 0.497 e. The van der Waals surface area contributed by atoms with Crippen molar-refractivity contribution in [1.29, 1.82) is 0 Å². The summed E-state index contributed by atoms with van der Waals surface area (Å²) in [5, 5.41) is 2.59. The van der Waals surface area contributed by atoms with Crippen LogP contribution in [0.15, 0.2) is 87.5 Å². The maximum absolute atomic E-state index is 14.7. The molecule has 0 atom stereocenters. The van der Waals surface area contributed by atoms with E-state index in [0.717, 1.165) is 26.2 Å². The van der Waals surface area contributed by atoms with Crippen LogP contribution >= 0.6 is 38.6 Å². The van der Waals surface area contributed by atoms with Crippen LogP contribution < -0.4 is 13.9 Å². The Balaban J connectivity index is 1.34. The Hall–Kier alpha value is -3.91. The maximum atomic E-state index is 14.7. The molecule has 3 heterocycles. The molecule has 13 heteroatoms. The Morgan fingerprint density at radius 1 is 0.959 bits per heavy atom. The zero-order valence-corrected chi connectivity index (χ0v) is 31.4. The molecule has 0 N–H and O–H groups in total. The second-order valence-electron chi connectivity index (χ2n) is 11.5. The molecular weight excluding hydrogens is 747 g/mol. The van der Waals surface area contributed by atoms with Crippen LogP contribution in [0.1, 0.15) is 37.4 Å². The van der Waals surface area contributed by atoms with E-state index in [2.05, 4.69) is 20.8 Å². The van der Waals surface area contributed by atoms with Gasteiger partial charge in [0.05, 0.1) is 30.0 Å². The lowest BCUT2D eigenvalue weighted by atomic mass is 10.1. The van der Waals surface area contributed by atoms with Gasteiger partial charge in [0.15, 0.2) is 0 Å². The monoisotopic (exact) mass is 781 g/mol. The maximum Gasteiger partial charge on any atom is 0.348 e. The third kappa shape index (κ3) is 7.21. The van der Waals surface area contributed by atoms with Crippen molar-refractivity contribution in [3.8, 4) is 5.75 Å². The minimum Gasteiger partial charge on any atom is -0.497 e. The summed E-state index contributed by atoms with van der Waals surface area (Å²) in [6.07, 6.45) is 0.461. The SMILES string of the molecule is CCOC(=O)c1sc2ccc(S(=O)(=O)N(CCc3ccc(OC)cc3)c3ccccc3N3CCN(C(=O)c4sccc4Br)CC3)cc2c1C. The summed E-state index contributed by atoms with van der Waals surface area (Å²) >= 11 is 6.19. The van der Waals surface area contributed by atoms with Gasteiger partial charge in [-0.15, -0.1) is 22.7 Å². The smallest absolute Gasteiger partial charge is 0.348 e. The predicted octanol–water partition coefficient (Wildman–Crippen LogP) is 7.62. The normalized spacial score (nSPS) is 13.5. The molecule has 0 bridgehead atoms. The molecule has 0 saturated carbocycles. The molecule has 0 radical (unpaired) electrons. The number of halogens is 1. The highest BCUT2D eigenvalue weighted by Gasteiger charge is 2.31. The highest BCUT2D eigenvalue weighted by atomic mass is 79.9. The number of hydrogen-bond acceptors (Lipinski definition) is 9. The van der Waals surface area contributed by atoms with Gasteiger partial charge in [0, 0.05) is 41.9 Å². The van der Waals surface area contributed by atoms with Crippen LogP contribution in [0.2, 0.25) is 0 Å². The van der Waals surface area contributed by atoms with Gasteiger partial charge in [-0.1, -0.05) is 24.3 Å². The van der Waals surface area contributed by atoms with Gasteiger partial charge in [0.1, 0.15) is 15.5 Å². The number of hydrogen-bond donors (Lipinski definition) is 0. The first-order valence-electron chi connectivity index (χ1n) is 15.8. The molecule has 0 unspecified atom stereocenters. The highest BCUT2D eigenvalue weighted by molar-refractivity contribution is 9.10. The van der Waals surface area contributed by atoms with E-state index in [-0.39, 0.29) is 24.0 Å². The summed E-state index contributed by atoms with van der Waals surface area (Å²) in [7, 11) is -2.47. The fourth-order valence-electron chi connectivity index (χ4n) is 5.95. The molecule has 1 aliphatic heterocycles. The first-order valence-corrected chi connectivity index (χ1v) is 19.8. The number of benzene rings is 3. The number of piperazine rings is 1. The first-order chi connectivity index (χ1) is 23.6. The van der Waals surface area contributed by atoms with Crippen molar-refractivity contribution in [3.05, 3.63) is 104 Å². The summed E-state index contributed by atoms with van der Waals surface area (Å²) in [5.74, 6) is 0.304. The number of rotatable bonds is 11. The number of esters is 1. The van der Waals surface area contributed by atoms with Gasteiger partial charge in [-0.2, -0.15) is 0 Å². The summed E-state index contributed by atoms with van der Waals surface area (Å²) in [6, 6.07) is 22.1. The van der Waals surface area contributed by atoms with E-state index < -0.39 is 16.0 Å². The summed E-state index contributed by atoms with van der Waals surface area (Å²) in [4.78, 5) is 31.1. The Kier molecular flexibility index (Phi) is 10.6. The zero-order valence-electron chi connectivity index (χ0n) is 27.3. The van der Waals surface area contributed by atoms with Crippen molar-refractivity contribution in [2.24, 2.45) is 0 Å². The highest BCUT2D eigenvalue weighted by Crippen LogP contribution is 2.37. The van der Waals surface area contributed by atoms with Gasteiger partial charge >= 0.3 is 5.97 Å². The molecule has 0 spiro atoms. The second kappa shape index (κ2) is 14.9. The van der Waals surface area contributed by atoms with Gasteiger partial charge in [-0.25, -0.2) is 13.2 Å². The minimum absolute atomic E-state index is 0.0104.